The molecule has 0 N–H and O–H groups in total. The van der Waals surface area contributed by atoms with E-state index in [1.165, 1.54) is 0 Å². The molecule has 0 fully saturated rings. The Hall–Kier alpha value is 7.35. The molecule has 0 bridgehead atoms. The largest absolute Gasteiger partial charge is 0.187 e. The molecule has 22 heavy (non-hydrogen) atoms. The third-order valence-corrected chi connectivity index (χ3v) is 0. The molecule has 0 amide bonds. The summed E-state index contributed by atoms with van der Waals surface area (Å²) in [6.45, 7) is 0. The minimum absolute atomic E-state index is 0. The van der Waals surface area contributed by atoms with Crippen molar-refractivity contribution in [2.24, 2.45) is 0 Å². The standard InChI is InChI=1S/4Al.18ClH.12H/h;;;;18*1H;;;;;;;;;;;;. The Labute approximate surface area is 288 Å². The van der Waals surface area contributed by atoms with Crippen LogP contribution in [-0.4, -0.2) is 69.4 Å². The van der Waals surface area contributed by atoms with Crippen molar-refractivity contribution in [2.45, 2.75) is 0 Å². The summed E-state index contributed by atoms with van der Waals surface area (Å²) in [7, 11) is 0. The summed E-state index contributed by atoms with van der Waals surface area (Å²) in [5.74, 6) is 0. The zero-order valence-corrected chi connectivity index (χ0v) is 22.0. The Morgan fingerprint density at radius 1 is 0.0909 bits per heavy atom. The molecule has 0 saturated heterocycles. The van der Waals surface area contributed by atoms with E-state index in [1.54, 1.807) is 0 Å². The molecular weight excluding hydrogens is 746 g/mol. The van der Waals surface area contributed by atoms with Gasteiger partial charge in [0.2, 0.25) is 0 Å². The highest BCUT2D eigenvalue weighted by Crippen LogP contribution is 0.707. The van der Waals surface area contributed by atoms with Gasteiger partial charge in [0.15, 0.2) is 69.4 Å². The third-order valence-electron chi connectivity index (χ3n) is 0. The Balaban J connectivity index is 0. The van der Waals surface area contributed by atoms with Crippen LogP contribution in [0, 0.1) is 0 Å². The summed E-state index contributed by atoms with van der Waals surface area (Å²) < 4.78 is 0. The van der Waals surface area contributed by atoms with Crippen LogP contribution in [0.2, 0.25) is 0 Å². The molecule has 22 heteroatoms. The monoisotopic (exact) mass is 768 g/mol. The van der Waals surface area contributed by atoms with E-state index >= 15 is 0 Å². The van der Waals surface area contributed by atoms with Crippen molar-refractivity contribution in [3.8, 4) is 0 Å². The predicted molar refractivity (Wildman–Crippen MR) is 170 cm³/mol. The molecule has 0 aromatic carbocycles. The third kappa shape index (κ3) is 352. The van der Waals surface area contributed by atoms with Crippen LogP contribution in [0.5, 0.6) is 0 Å². The molecule has 168 valence electrons. The highest BCUT2D eigenvalue weighted by atomic mass is 35.5. The van der Waals surface area contributed by atoms with Gasteiger partial charge < -0.3 is 0 Å². The minimum Gasteiger partial charge on any atom is -0.147 e. The second kappa shape index (κ2) is 393. The van der Waals surface area contributed by atoms with Crippen LogP contribution in [0.4, 0.5) is 0 Å². The van der Waals surface area contributed by atoms with Gasteiger partial charge >= 0.3 is 0 Å². The zero-order valence-electron chi connectivity index (χ0n) is 7.35. The van der Waals surface area contributed by atoms with Gasteiger partial charge in [-0.05, 0) is 0 Å². The molecule has 0 saturated carbocycles. The SMILES string of the molecule is Cl.Cl.Cl.Cl.Cl.Cl.Cl.Cl.Cl.Cl.Cl.Cl.Cl.Cl.Cl.Cl.Cl.Cl.[AlH3].[AlH3].[AlH3].[AlH3]. The lowest BCUT2D eigenvalue weighted by atomic mass is 27.0. The molecule has 0 spiro atoms. The second-order valence-corrected chi connectivity index (χ2v) is 0. The lowest BCUT2D eigenvalue weighted by Crippen LogP contribution is -0.382. The first kappa shape index (κ1) is 437. The molecule has 0 aliphatic rings. The van der Waals surface area contributed by atoms with Crippen LogP contribution < -0.4 is 0 Å². The summed E-state index contributed by atoms with van der Waals surface area (Å²) in [5.41, 5.74) is 0. The molecule has 0 nitrogen and oxygen atoms in total. The van der Waals surface area contributed by atoms with Crippen molar-refractivity contribution in [1.29, 1.82) is 0 Å². The highest BCUT2D eigenvalue weighted by Gasteiger charge is 0.190. The topological polar surface area (TPSA) is 0 Å². The molecule has 0 aliphatic carbocycles. The van der Waals surface area contributed by atoms with Gasteiger partial charge in [-0.1, -0.05) is 0 Å². The van der Waals surface area contributed by atoms with E-state index in [4.69, 9.17) is 0 Å². The maximum absolute atomic E-state index is 0. The lowest BCUT2D eigenvalue weighted by molar-refractivity contribution is 5.75. The van der Waals surface area contributed by atoms with Crippen LogP contribution >= 0.6 is 223 Å². The van der Waals surface area contributed by atoms with Crippen LogP contribution in [-0.2, 0) is 0 Å². The Bertz CT molecular complexity index is 15.0. The quantitative estimate of drug-likeness (QED) is 0.333. The van der Waals surface area contributed by atoms with Crippen molar-refractivity contribution in [2.75, 3.05) is 0 Å². The fourth-order valence-corrected chi connectivity index (χ4v) is 0. The minimum atomic E-state index is 0. The number of hydrogen-bond donors (Lipinski definition) is 0. The summed E-state index contributed by atoms with van der Waals surface area (Å²) >= 11 is 0. The summed E-state index contributed by atoms with van der Waals surface area (Å²) in [6, 6.07) is 0. The Morgan fingerprint density at radius 2 is 0.0909 bits per heavy atom. The lowest BCUT2D eigenvalue weighted by Gasteiger charge is -0.148. The normalized spacial score (nSPS) is 0. The highest BCUT2D eigenvalue weighted by molar-refractivity contribution is 5.87. The fourth-order valence-electron chi connectivity index (χ4n) is 0. The van der Waals surface area contributed by atoms with Crippen molar-refractivity contribution in [1.82, 2.24) is 0 Å². The van der Waals surface area contributed by atoms with E-state index in [9.17, 15) is 0 Å². The fraction of sp³-hybridized carbons (Fsp3) is 0. The van der Waals surface area contributed by atoms with Gasteiger partial charge in [-0.3, -0.25) is 0 Å². The van der Waals surface area contributed by atoms with E-state index in [0.29, 0.717) is 0 Å². The van der Waals surface area contributed by atoms with Crippen LogP contribution in [0.3, 0.4) is 0 Å². The molecule has 0 aromatic heterocycles. The zero-order chi connectivity index (χ0) is 0. The van der Waals surface area contributed by atoms with E-state index in [-0.39, 0.29) is 293 Å². The van der Waals surface area contributed by atoms with Crippen LogP contribution in [0.25, 0.3) is 0 Å². The molecule has 0 atom stereocenters. The van der Waals surface area contributed by atoms with E-state index in [2.05, 4.69) is 0 Å². The average Bonchev–Trinajstić information content (AvgIpc) is 0. The molecule has 0 heterocycles. The number of hydrogen-bond acceptors (Lipinski definition) is 0. The Morgan fingerprint density at radius 3 is 0.0909 bits per heavy atom. The summed E-state index contributed by atoms with van der Waals surface area (Å²) in [6.07, 6.45) is 0. The van der Waals surface area contributed by atoms with Gasteiger partial charge in [-0.25, -0.2) is 0 Å². The first-order valence-corrected chi connectivity index (χ1v) is 0. The summed E-state index contributed by atoms with van der Waals surface area (Å²) in [5, 5.41) is 0. The number of rotatable bonds is 0. The van der Waals surface area contributed by atoms with Gasteiger partial charge in [0.1, 0.15) is 0 Å². The molecule has 0 rings (SSSR count). The first-order chi connectivity index (χ1) is 0. The van der Waals surface area contributed by atoms with E-state index in [1.807, 2.05) is 0 Å². The molecule has 0 unspecified atom stereocenters. The van der Waals surface area contributed by atoms with Crippen molar-refractivity contribution in [3.05, 3.63) is 0 Å². The predicted octanol–water partition coefficient (Wildman–Crippen LogP) is 2.86. The van der Waals surface area contributed by atoms with Crippen molar-refractivity contribution < 1.29 is 0 Å². The maximum Gasteiger partial charge on any atom is 0.187 e. The second-order valence-electron chi connectivity index (χ2n) is 0. The summed E-state index contributed by atoms with van der Waals surface area (Å²) in [4.78, 5) is 0. The van der Waals surface area contributed by atoms with E-state index < -0.39 is 0 Å². The smallest absolute Gasteiger partial charge is 0.147 e. The molecular formula is H30Al4Cl18. The molecule has 0 aromatic rings. The molecule has 0 aliphatic heterocycles. The van der Waals surface area contributed by atoms with Gasteiger partial charge in [0, 0.05) is 0 Å². The van der Waals surface area contributed by atoms with Gasteiger partial charge in [-0.2, -0.15) is 0 Å². The average molecular weight is 776 g/mol. The van der Waals surface area contributed by atoms with Gasteiger partial charge in [-0.15, -0.1) is 223 Å². The Kier molecular flexibility index (Phi) is 7790. The van der Waals surface area contributed by atoms with Crippen LogP contribution in [0.15, 0.2) is 0 Å². The van der Waals surface area contributed by atoms with Crippen molar-refractivity contribution in [3.63, 3.8) is 0 Å². The van der Waals surface area contributed by atoms with E-state index in [0.717, 1.165) is 0 Å². The van der Waals surface area contributed by atoms with Crippen LogP contribution in [0.1, 0.15) is 0 Å². The molecule has 0 radical (unpaired) electrons. The maximum atomic E-state index is 0. The first-order valence-electron chi connectivity index (χ1n) is 0. The van der Waals surface area contributed by atoms with Gasteiger partial charge in [0.25, 0.3) is 0 Å². The number of halogens is 18. The van der Waals surface area contributed by atoms with Gasteiger partial charge in [0.05, 0.1) is 0 Å². The van der Waals surface area contributed by atoms with Crippen molar-refractivity contribution >= 4 is 293 Å².